The van der Waals surface area contributed by atoms with Gasteiger partial charge in [-0.1, -0.05) is 17.7 Å². The van der Waals surface area contributed by atoms with Crippen molar-refractivity contribution in [3.63, 3.8) is 0 Å². The van der Waals surface area contributed by atoms with Gasteiger partial charge in [-0.3, -0.25) is 0 Å². The molecule has 8 heteroatoms. The Labute approximate surface area is 157 Å². The van der Waals surface area contributed by atoms with Crippen LogP contribution in [0, 0.1) is 5.82 Å². The lowest BCUT2D eigenvalue weighted by molar-refractivity contribution is 0.0820. The zero-order chi connectivity index (χ0) is 18.7. The number of ether oxygens (including phenoxy) is 1. The Bertz CT molecular complexity index is 684. The summed E-state index contributed by atoms with van der Waals surface area (Å²) in [5.41, 5.74) is 0.387. The van der Waals surface area contributed by atoms with Crippen molar-refractivity contribution in [3.8, 4) is 0 Å². The van der Waals surface area contributed by atoms with Gasteiger partial charge in [0.1, 0.15) is 5.82 Å². The Morgan fingerprint density at radius 1 is 1.35 bits per heavy atom. The van der Waals surface area contributed by atoms with Crippen LogP contribution in [0.5, 0.6) is 0 Å². The summed E-state index contributed by atoms with van der Waals surface area (Å²) in [6, 6.07) is 4.31. The van der Waals surface area contributed by atoms with E-state index in [2.05, 4.69) is 5.32 Å². The first-order chi connectivity index (χ1) is 12.5. The molecule has 1 saturated heterocycles. The van der Waals surface area contributed by atoms with Crippen LogP contribution in [0.15, 0.2) is 18.2 Å². The number of amides is 3. The molecule has 1 saturated carbocycles. The highest BCUT2D eigenvalue weighted by molar-refractivity contribution is 6.30. The van der Waals surface area contributed by atoms with E-state index >= 15 is 0 Å². The van der Waals surface area contributed by atoms with Crippen molar-refractivity contribution in [1.29, 1.82) is 0 Å². The Morgan fingerprint density at radius 3 is 2.77 bits per heavy atom. The number of urea groups is 1. The van der Waals surface area contributed by atoms with Crippen LogP contribution in [0.1, 0.15) is 31.2 Å². The minimum Gasteiger partial charge on any atom is -0.453 e. The zero-order valence-corrected chi connectivity index (χ0v) is 15.5. The fourth-order valence-corrected chi connectivity index (χ4v) is 3.55. The van der Waals surface area contributed by atoms with Crippen LogP contribution in [0.3, 0.4) is 0 Å². The highest BCUT2D eigenvalue weighted by Crippen LogP contribution is 2.31. The molecule has 0 spiro atoms. The second-order valence-electron chi connectivity index (χ2n) is 6.74. The van der Waals surface area contributed by atoms with Crippen molar-refractivity contribution >= 4 is 23.7 Å². The number of methoxy groups -OCH3 is 1. The van der Waals surface area contributed by atoms with Crippen molar-refractivity contribution in [2.24, 2.45) is 0 Å². The number of hydrogen-bond donors (Lipinski definition) is 1. The van der Waals surface area contributed by atoms with Crippen LogP contribution in [-0.4, -0.2) is 54.2 Å². The SMILES string of the molecule is COC(=O)N1CCCC(N(C(=O)NCc2ccc(Cl)cc2F)C2CC2)C1. The molecule has 1 aliphatic heterocycles. The zero-order valence-electron chi connectivity index (χ0n) is 14.7. The van der Waals surface area contributed by atoms with E-state index in [0.29, 0.717) is 23.7 Å². The molecule has 0 radical (unpaired) electrons. The molecule has 2 aliphatic rings. The van der Waals surface area contributed by atoms with E-state index < -0.39 is 5.82 Å². The van der Waals surface area contributed by atoms with Gasteiger partial charge >= 0.3 is 12.1 Å². The number of hydrogen-bond acceptors (Lipinski definition) is 3. The second kappa shape index (κ2) is 8.12. The number of rotatable bonds is 4. The van der Waals surface area contributed by atoms with Crippen LogP contribution in [0.4, 0.5) is 14.0 Å². The third-order valence-corrected chi connectivity index (χ3v) is 5.08. The summed E-state index contributed by atoms with van der Waals surface area (Å²) in [4.78, 5) is 28.0. The molecule has 1 aromatic carbocycles. The summed E-state index contributed by atoms with van der Waals surface area (Å²) in [5, 5.41) is 3.13. The van der Waals surface area contributed by atoms with Gasteiger partial charge in [0.15, 0.2) is 0 Å². The monoisotopic (exact) mass is 383 g/mol. The van der Waals surface area contributed by atoms with E-state index in [1.165, 1.54) is 13.2 Å². The number of halogens is 2. The van der Waals surface area contributed by atoms with Crippen molar-refractivity contribution in [2.45, 2.75) is 44.3 Å². The average molecular weight is 384 g/mol. The molecule has 1 aliphatic carbocycles. The third-order valence-electron chi connectivity index (χ3n) is 4.84. The number of carbonyl (C=O) groups is 2. The topological polar surface area (TPSA) is 61.9 Å². The maximum Gasteiger partial charge on any atom is 0.409 e. The summed E-state index contributed by atoms with van der Waals surface area (Å²) in [6.07, 6.45) is 3.21. The van der Waals surface area contributed by atoms with Gasteiger partial charge in [0.25, 0.3) is 0 Å². The molecule has 3 rings (SSSR count). The number of benzene rings is 1. The lowest BCUT2D eigenvalue weighted by atomic mass is 10.0. The molecule has 2 fully saturated rings. The van der Waals surface area contributed by atoms with Crippen molar-refractivity contribution in [3.05, 3.63) is 34.6 Å². The molecule has 26 heavy (non-hydrogen) atoms. The molecule has 1 N–H and O–H groups in total. The quantitative estimate of drug-likeness (QED) is 0.866. The minimum atomic E-state index is -0.440. The van der Waals surface area contributed by atoms with Crippen LogP contribution in [0.2, 0.25) is 5.02 Å². The molecule has 142 valence electrons. The second-order valence-corrected chi connectivity index (χ2v) is 7.18. The normalized spacial score (nSPS) is 19.8. The van der Waals surface area contributed by atoms with Gasteiger partial charge in [-0.15, -0.1) is 0 Å². The number of likely N-dealkylation sites (tertiary alicyclic amines) is 1. The molecule has 0 bridgehead atoms. The van der Waals surface area contributed by atoms with Gasteiger partial charge in [0, 0.05) is 36.3 Å². The lowest BCUT2D eigenvalue weighted by Gasteiger charge is -2.39. The summed E-state index contributed by atoms with van der Waals surface area (Å²) < 4.78 is 18.7. The minimum absolute atomic E-state index is 0.0505. The summed E-state index contributed by atoms with van der Waals surface area (Å²) in [7, 11) is 1.36. The first-order valence-electron chi connectivity index (χ1n) is 8.82. The van der Waals surface area contributed by atoms with Crippen LogP contribution >= 0.6 is 11.6 Å². The van der Waals surface area contributed by atoms with E-state index in [9.17, 15) is 14.0 Å². The van der Waals surface area contributed by atoms with E-state index in [4.69, 9.17) is 16.3 Å². The van der Waals surface area contributed by atoms with Gasteiger partial charge < -0.3 is 19.9 Å². The lowest BCUT2D eigenvalue weighted by Crippen LogP contribution is -2.54. The van der Waals surface area contributed by atoms with Crippen molar-refractivity contribution in [2.75, 3.05) is 20.2 Å². The highest BCUT2D eigenvalue weighted by Gasteiger charge is 2.39. The molecule has 1 aromatic rings. The predicted octanol–water partition coefficient (Wildman–Crippen LogP) is 3.38. The van der Waals surface area contributed by atoms with Crippen LogP contribution < -0.4 is 5.32 Å². The largest absolute Gasteiger partial charge is 0.453 e. The first kappa shape index (κ1) is 18.8. The fourth-order valence-electron chi connectivity index (χ4n) is 3.39. The smallest absolute Gasteiger partial charge is 0.409 e. The number of nitrogens with zero attached hydrogens (tertiary/aromatic N) is 2. The molecule has 0 aromatic heterocycles. The molecule has 1 heterocycles. The standard InChI is InChI=1S/C18H23ClFN3O3/c1-26-18(25)22-8-2-3-15(11-22)23(14-6-7-14)17(24)21-10-12-4-5-13(19)9-16(12)20/h4-5,9,14-15H,2-3,6-8,10-11H2,1H3,(H,21,24). The molecule has 6 nitrogen and oxygen atoms in total. The van der Waals surface area contributed by atoms with Crippen LogP contribution in [-0.2, 0) is 11.3 Å². The van der Waals surface area contributed by atoms with Gasteiger partial charge in [-0.25, -0.2) is 14.0 Å². The summed E-state index contributed by atoms with van der Waals surface area (Å²) in [5.74, 6) is -0.440. The first-order valence-corrected chi connectivity index (χ1v) is 9.20. The van der Waals surface area contributed by atoms with Crippen molar-refractivity contribution in [1.82, 2.24) is 15.1 Å². The highest BCUT2D eigenvalue weighted by atomic mass is 35.5. The van der Waals surface area contributed by atoms with Gasteiger partial charge in [-0.05, 0) is 37.8 Å². The fraction of sp³-hybridized carbons (Fsp3) is 0.556. The number of nitrogens with one attached hydrogen (secondary N) is 1. The number of piperidine rings is 1. The van der Waals surface area contributed by atoms with E-state index in [1.807, 2.05) is 4.90 Å². The van der Waals surface area contributed by atoms with Gasteiger partial charge in [0.2, 0.25) is 0 Å². The van der Waals surface area contributed by atoms with Gasteiger partial charge in [-0.2, -0.15) is 0 Å². The number of carbonyl (C=O) groups excluding carboxylic acids is 2. The Balaban J connectivity index is 1.63. The van der Waals surface area contributed by atoms with E-state index in [0.717, 1.165) is 25.7 Å². The Kier molecular flexibility index (Phi) is 5.86. The van der Waals surface area contributed by atoms with E-state index in [-0.39, 0.29) is 30.8 Å². The average Bonchev–Trinajstić information content (AvgIpc) is 3.45. The summed E-state index contributed by atoms with van der Waals surface area (Å²) in [6.45, 7) is 1.20. The molecular formula is C18H23ClFN3O3. The van der Waals surface area contributed by atoms with Crippen molar-refractivity contribution < 1.29 is 18.7 Å². The molecule has 1 unspecified atom stereocenters. The predicted molar refractivity (Wildman–Crippen MR) is 95.5 cm³/mol. The molecule has 3 amide bonds. The molecular weight excluding hydrogens is 361 g/mol. The maximum absolute atomic E-state index is 13.9. The Morgan fingerprint density at radius 2 is 2.12 bits per heavy atom. The van der Waals surface area contributed by atoms with E-state index in [1.54, 1.807) is 17.0 Å². The Hall–Kier alpha value is -2.02. The van der Waals surface area contributed by atoms with Crippen LogP contribution in [0.25, 0.3) is 0 Å². The summed E-state index contributed by atoms with van der Waals surface area (Å²) >= 11 is 5.75. The third kappa shape index (κ3) is 4.38. The molecule has 1 atom stereocenters. The maximum atomic E-state index is 13.9. The van der Waals surface area contributed by atoms with Gasteiger partial charge in [0.05, 0.1) is 13.2 Å².